The van der Waals surface area contributed by atoms with Crippen molar-refractivity contribution in [2.75, 3.05) is 6.54 Å². The molecule has 0 fully saturated rings. The summed E-state index contributed by atoms with van der Waals surface area (Å²) in [5.74, 6) is 0. The van der Waals surface area contributed by atoms with Gasteiger partial charge in [-0.05, 0) is 18.6 Å². The topological polar surface area (TPSA) is 39.2 Å². The van der Waals surface area contributed by atoms with Crippen molar-refractivity contribution >= 4 is 5.57 Å². The molecule has 0 radical (unpaired) electrons. The summed E-state index contributed by atoms with van der Waals surface area (Å²) in [4.78, 5) is 0. The fourth-order valence-electron chi connectivity index (χ4n) is 0.783. The van der Waals surface area contributed by atoms with Gasteiger partial charge in [0.15, 0.2) is 0 Å². The van der Waals surface area contributed by atoms with Crippen LogP contribution in [0.1, 0.15) is 12.5 Å². The predicted octanol–water partition coefficient (Wildman–Crippen LogP) is 1.64. The van der Waals surface area contributed by atoms with Gasteiger partial charge < -0.3 is 10.2 Å². The molecular weight excluding hydrogens is 126 g/mol. The van der Waals surface area contributed by atoms with Crippen molar-refractivity contribution in [3.05, 3.63) is 30.2 Å². The van der Waals surface area contributed by atoms with Crippen LogP contribution in [0.25, 0.3) is 5.57 Å². The normalized spacial score (nSPS) is 12.0. The Morgan fingerprint density at radius 3 is 3.10 bits per heavy atom. The average molecular weight is 137 g/mol. The number of nitrogens with two attached hydrogens (primary N) is 1. The molecule has 10 heavy (non-hydrogen) atoms. The monoisotopic (exact) mass is 137 g/mol. The summed E-state index contributed by atoms with van der Waals surface area (Å²) in [7, 11) is 0. The Morgan fingerprint density at radius 2 is 2.60 bits per heavy atom. The summed E-state index contributed by atoms with van der Waals surface area (Å²) in [6.07, 6.45) is 5.33. The molecule has 1 heterocycles. The molecule has 54 valence electrons. The number of allylic oxidation sites excluding steroid dienone is 1. The van der Waals surface area contributed by atoms with E-state index in [1.807, 2.05) is 19.1 Å². The fourth-order valence-corrected chi connectivity index (χ4v) is 0.783. The van der Waals surface area contributed by atoms with E-state index in [4.69, 9.17) is 10.2 Å². The maximum absolute atomic E-state index is 5.33. The Bertz CT molecular complexity index is 211. The molecule has 0 aliphatic carbocycles. The molecule has 2 nitrogen and oxygen atoms in total. The highest BCUT2D eigenvalue weighted by Gasteiger charge is 1.93. The first-order valence-electron chi connectivity index (χ1n) is 3.24. The molecule has 0 saturated heterocycles. The van der Waals surface area contributed by atoms with Gasteiger partial charge in [0.05, 0.1) is 12.5 Å². The van der Waals surface area contributed by atoms with Crippen LogP contribution in [-0.2, 0) is 0 Å². The van der Waals surface area contributed by atoms with Gasteiger partial charge in [0.2, 0.25) is 0 Å². The van der Waals surface area contributed by atoms with Gasteiger partial charge in [-0.15, -0.1) is 0 Å². The van der Waals surface area contributed by atoms with Crippen LogP contribution in [-0.4, -0.2) is 6.54 Å². The number of hydrogen-bond acceptors (Lipinski definition) is 2. The zero-order valence-corrected chi connectivity index (χ0v) is 6.00. The molecule has 1 aromatic heterocycles. The van der Waals surface area contributed by atoms with E-state index in [2.05, 4.69) is 0 Å². The minimum atomic E-state index is 0.580. The van der Waals surface area contributed by atoms with E-state index >= 15 is 0 Å². The number of rotatable bonds is 2. The summed E-state index contributed by atoms with van der Waals surface area (Å²) < 4.78 is 4.90. The van der Waals surface area contributed by atoms with Gasteiger partial charge in [0.25, 0.3) is 0 Å². The van der Waals surface area contributed by atoms with Crippen molar-refractivity contribution in [2.24, 2.45) is 5.73 Å². The van der Waals surface area contributed by atoms with E-state index in [0.717, 1.165) is 11.1 Å². The van der Waals surface area contributed by atoms with Crippen molar-refractivity contribution in [1.82, 2.24) is 0 Å². The van der Waals surface area contributed by atoms with Crippen molar-refractivity contribution in [1.29, 1.82) is 0 Å². The first-order chi connectivity index (χ1) is 4.84. The Morgan fingerprint density at radius 1 is 1.80 bits per heavy atom. The Kier molecular flexibility index (Phi) is 2.29. The van der Waals surface area contributed by atoms with Crippen LogP contribution >= 0.6 is 0 Å². The third-order valence-corrected chi connectivity index (χ3v) is 1.40. The zero-order chi connectivity index (χ0) is 7.40. The van der Waals surface area contributed by atoms with Gasteiger partial charge in [-0.1, -0.05) is 6.08 Å². The highest BCUT2D eigenvalue weighted by atomic mass is 16.3. The maximum atomic E-state index is 5.33. The molecule has 0 saturated carbocycles. The van der Waals surface area contributed by atoms with E-state index in [1.165, 1.54) is 0 Å². The first kappa shape index (κ1) is 7.09. The van der Waals surface area contributed by atoms with E-state index in [0.29, 0.717) is 6.54 Å². The summed E-state index contributed by atoms with van der Waals surface area (Å²) in [6.45, 7) is 2.59. The van der Waals surface area contributed by atoms with Crippen LogP contribution in [0, 0.1) is 0 Å². The fraction of sp³-hybridized carbons (Fsp3) is 0.250. The molecule has 0 amide bonds. The van der Waals surface area contributed by atoms with Gasteiger partial charge in [-0.3, -0.25) is 0 Å². The third kappa shape index (κ3) is 1.48. The van der Waals surface area contributed by atoms with Crippen molar-refractivity contribution in [3.63, 3.8) is 0 Å². The van der Waals surface area contributed by atoms with Crippen LogP contribution in [0.5, 0.6) is 0 Å². The summed E-state index contributed by atoms with van der Waals surface area (Å²) in [5, 5.41) is 0. The Balaban J connectivity index is 2.77. The summed E-state index contributed by atoms with van der Waals surface area (Å²) in [5.41, 5.74) is 7.59. The molecule has 1 aromatic rings. The molecule has 0 aliphatic rings. The first-order valence-corrected chi connectivity index (χ1v) is 3.24. The van der Waals surface area contributed by atoms with Gasteiger partial charge in [0.1, 0.15) is 0 Å². The van der Waals surface area contributed by atoms with Gasteiger partial charge >= 0.3 is 0 Å². The lowest BCUT2D eigenvalue weighted by Gasteiger charge is -1.92. The molecule has 0 atom stereocenters. The highest BCUT2D eigenvalue weighted by Crippen LogP contribution is 2.12. The zero-order valence-electron chi connectivity index (χ0n) is 6.00. The van der Waals surface area contributed by atoms with Crippen molar-refractivity contribution in [3.8, 4) is 0 Å². The maximum Gasteiger partial charge on any atom is 0.0977 e. The van der Waals surface area contributed by atoms with E-state index in [9.17, 15) is 0 Å². The summed E-state index contributed by atoms with van der Waals surface area (Å²) >= 11 is 0. The van der Waals surface area contributed by atoms with Crippen LogP contribution < -0.4 is 5.73 Å². The lowest BCUT2D eigenvalue weighted by atomic mass is 10.1. The van der Waals surface area contributed by atoms with E-state index in [1.54, 1.807) is 12.5 Å². The Labute approximate surface area is 60.3 Å². The average Bonchev–Trinajstić information content (AvgIpc) is 2.38. The molecule has 0 unspecified atom stereocenters. The molecule has 2 heteroatoms. The molecule has 0 spiro atoms. The Hall–Kier alpha value is -1.02. The van der Waals surface area contributed by atoms with Crippen molar-refractivity contribution < 1.29 is 4.42 Å². The molecule has 1 rings (SSSR count). The third-order valence-electron chi connectivity index (χ3n) is 1.40. The van der Waals surface area contributed by atoms with Crippen LogP contribution in [0.2, 0.25) is 0 Å². The minimum absolute atomic E-state index is 0.580. The molecule has 0 bridgehead atoms. The number of hydrogen-bond donors (Lipinski definition) is 1. The second kappa shape index (κ2) is 3.22. The highest BCUT2D eigenvalue weighted by molar-refractivity contribution is 5.62. The van der Waals surface area contributed by atoms with E-state index < -0.39 is 0 Å². The standard InChI is InChI=1S/C8H11NO/c1-7(2-4-9)8-3-5-10-6-8/h2-3,5-6H,4,9H2,1H3/b7-2-. The minimum Gasteiger partial charge on any atom is -0.472 e. The van der Waals surface area contributed by atoms with Crippen LogP contribution in [0.3, 0.4) is 0 Å². The molecular formula is C8H11NO. The lowest BCUT2D eigenvalue weighted by molar-refractivity contribution is 0.566. The molecule has 2 N–H and O–H groups in total. The van der Waals surface area contributed by atoms with Gasteiger partial charge in [-0.25, -0.2) is 0 Å². The number of furan rings is 1. The SMILES string of the molecule is C/C(=C/CN)c1ccoc1. The van der Waals surface area contributed by atoms with Crippen molar-refractivity contribution in [2.45, 2.75) is 6.92 Å². The van der Waals surface area contributed by atoms with Crippen LogP contribution in [0.4, 0.5) is 0 Å². The quantitative estimate of drug-likeness (QED) is 0.673. The molecule has 0 aliphatic heterocycles. The lowest BCUT2D eigenvalue weighted by Crippen LogP contribution is -1.93. The van der Waals surface area contributed by atoms with E-state index in [-0.39, 0.29) is 0 Å². The second-order valence-corrected chi connectivity index (χ2v) is 2.13. The predicted molar refractivity (Wildman–Crippen MR) is 41.4 cm³/mol. The van der Waals surface area contributed by atoms with Gasteiger partial charge in [-0.2, -0.15) is 0 Å². The largest absolute Gasteiger partial charge is 0.472 e. The summed E-state index contributed by atoms with van der Waals surface area (Å²) in [6, 6.07) is 1.92. The smallest absolute Gasteiger partial charge is 0.0977 e. The molecule has 0 aromatic carbocycles. The van der Waals surface area contributed by atoms with Crippen LogP contribution in [0.15, 0.2) is 29.1 Å². The van der Waals surface area contributed by atoms with Gasteiger partial charge in [0, 0.05) is 12.1 Å². The second-order valence-electron chi connectivity index (χ2n) is 2.13.